The molecule has 1 spiro atoms. The summed E-state index contributed by atoms with van der Waals surface area (Å²) in [6.45, 7) is 1.61. The van der Waals surface area contributed by atoms with Crippen molar-refractivity contribution in [1.29, 1.82) is 0 Å². The molecule has 2 unspecified atom stereocenters. The summed E-state index contributed by atoms with van der Waals surface area (Å²) < 4.78 is 11.0. The van der Waals surface area contributed by atoms with Crippen LogP contribution in [0, 0.1) is 0 Å². The van der Waals surface area contributed by atoms with E-state index in [0.29, 0.717) is 6.10 Å². The van der Waals surface area contributed by atoms with E-state index < -0.39 is 0 Å². The Balaban J connectivity index is 2.02. The van der Waals surface area contributed by atoms with Crippen molar-refractivity contribution in [3.8, 4) is 0 Å². The molecule has 2 fully saturated rings. The van der Waals surface area contributed by atoms with Gasteiger partial charge >= 0.3 is 0 Å². The second-order valence-electron chi connectivity index (χ2n) is 3.31. The summed E-state index contributed by atoms with van der Waals surface area (Å²) in [5.74, 6) is 0. The van der Waals surface area contributed by atoms with E-state index in [1.54, 1.807) is 0 Å². The molecule has 2 atom stereocenters. The van der Waals surface area contributed by atoms with Gasteiger partial charge in [0, 0.05) is 6.42 Å². The molecule has 3 rings (SSSR count). The average Bonchev–Trinajstić information content (AvgIpc) is 2.75. The minimum atomic E-state index is 0.0903. The van der Waals surface area contributed by atoms with Crippen LogP contribution in [0.2, 0.25) is 0 Å². The van der Waals surface area contributed by atoms with Crippen LogP contribution in [-0.4, -0.2) is 24.9 Å². The Bertz CT molecular complexity index is 254. The van der Waals surface area contributed by atoms with Crippen molar-refractivity contribution < 1.29 is 9.47 Å². The number of epoxide rings is 1. The third-order valence-corrected chi connectivity index (χ3v) is 2.74. The molecule has 0 saturated carbocycles. The van der Waals surface area contributed by atoms with E-state index >= 15 is 0 Å². The first kappa shape index (κ1) is 5.98. The van der Waals surface area contributed by atoms with Crippen molar-refractivity contribution in [2.75, 3.05) is 13.2 Å². The molecule has 0 bridgehead atoms. The third kappa shape index (κ3) is 0.638. The molecule has 0 N–H and O–H groups in total. The summed E-state index contributed by atoms with van der Waals surface area (Å²) in [6, 6.07) is 0. The summed E-state index contributed by atoms with van der Waals surface area (Å²) in [7, 11) is 0. The Kier molecular flexibility index (Phi) is 0.957. The lowest BCUT2D eigenvalue weighted by Crippen LogP contribution is -2.29. The highest BCUT2D eigenvalue weighted by Gasteiger charge is 2.59. The van der Waals surface area contributed by atoms with Gasteiger partial charge in [-0.05, 0) is 5.57 Å². The molecular weight excluding hydrogens is 140 g/mol. The molecule has 2 heteroatoms. The lowest BCUT2D eigenvalue weighted by atomic mass is 9.87. The normalized spacial score (nSPS) is 45.8. The van der Waals surface area contributed by atoms with Crippen LogP contribution in [-0.2, 0) is 9.47 Å². The molecule has 58 valence electrons. The standard InChI is InChI=1S/C9H10O2/c1-2-7-6-10-5-4-9(7)8(3-1)11-9/h1-3,8H,4-6H2. The van der Waals surface area contributed by atoms with Crippen LogP contribution < -0.4 is 0 Å². The number of hydrogen-bond acceptors (Lipinski definition) is 2. The molecule has 2 saturated heterocycles. The zero-order valence-electron chi connectivity index (χ0n) is 6.25. The van der Waals surface area contributed by atoms with Crippen molar-refractivity contribution in [2.45, 2.75) is 18.1 Å². The largest absolute Gasteiger partial charge is 0.377 e. The predicted molar refractivity (Wildman–Crippen MR) is 40.3 cm³/mol. The lowest BCUT2D eigenvalue weighted by molar-refractivity contribution is 0.0920. The maximum atomic E-state index is 5.63. The van der Waals surface area contributed by atoms with Gasteiger partial charge in [0.25, 0.3) is 0 Å². The summed E-state index contributed by atoms with van der Waals surface area (Å²) in [6.07, 6.45) is 7.73. The first-order valence-electron chi connectivity index (χ1n) is 4.05. The summed E-state index contributed by atoms with van der Waals surface area (Å²) in [5, 5.41) is 0. The molecule has 0 aromatic carbocycles. The van der Waals surface area contributed by atoms with Gasteiger partial charge in [-0.1, -0.05) is 18.2 Å². The highest BCUT2D eigenvalue weighted by Crippen LogP contribution is 2.50. The van der Waals surface area contributed by atoms with Crippen molar-refractivity contribution in [3.63, 3.8) is 0 Å². The zero-order valence-corrected chi connectivity index (χ0v) is 6.25. The fourth-order valence-corrected chi connectivity index (χ4v) is 2.00. The molecule has 2 aliphatic heterocycles. The van der Waals surface area contributed by atoms with E-state index in [-0.39, 0.29) is 5.60 Å². The minimum absolute atomic E-state index is 0.0903. The maximum Gasteiger partial charge on any atom is 0.124 e. The van der Waals surface area contributed by atoms with Crippen LogP contribution in [0.3, 0.4) is 0 Å². The van der Waals surface area contributed by atoms with Crippen molar-refractivity contribution in [3.05, 3.63) is 23.8 Å². The van der Waals surface area contributed by atoms with Gasteiger partial charge in [-0.3, -0.25) is 0 Å². The molecule has 0 amide bonds. The van der Waals surface area contributed by atoms with Gasteiger partial charge in [0.2, 0.25) is 0 Å². The molecule has 2 heterocycles. The average molecular weight is 150 g/mol. The van der Waals surface area contributed by atoms with Crippen molar-refractivity contribution >= 4 is 0 Å². The van der Waals surface area contributed by atoms with Crippen LogP contribution in [0.15, 0.2) is 23.8 Å². The third-order valence-electron chi connectivity index (χ3n) is 2.74. The molecule has 3 aliphatic rings. The van der Waals surface area contributed by atoms with Crippen LogP contribution in [0.25, 0.3) is 0 Å². The van der Waals surface area contributed by atoms with Crippen molar-refractivity contribution in [2.24, 2.45) is 0 Å². The van der Waals surface area contributed by atoms with Crippen molar-refractivity contribution in [1.82, 2.24) is 0 Å². The van der Waals surface area contributed by atoms with Gasteiger partial charge in [-0.2, -0.15) is 0 Å². The van der Waals surface area contributed by atoms with Gasteiger partial charge < -0.3 is 9.47 Å². The van der Waals surface area contributed by atoms with E-state index in [9.17, 15) is 0 Å². The van der Waals surface area contributed by atoms with Gasteiger partial charge in [-0.15, -0.1) is 0 Å². The number of hydrogen-bond donors (Lipinski definition) is 0. The molecular formula is C9H10O2. The molecule has 2 nitrogen and oxygen atoms in total. The first-order valence-corrected chi connectivity index (χ1v) is 4.05. The van der Waals surface area contributed by atoms with Crippen LogP contribution in [0.5, 0.6) is 0 Å². The SMILES string of the molecule is C1=CC2OC23CCOCC3=C1. The quantitative estimate of drug-likeness (QED) is 0.481. The highest BCUT2D eigenvalue weighted by atomic mass is 16.6. The summed E-state index contributed by atoms with van der Waals surface area (Å²) in [5.41, 5.74) is 1.42. The highest BCUT2D eigenvalue weighted by molar-refractivity contribution is 5.40. The molecule has 0 radical (unpaired) electrons. The monoisotopic (exact) mass is 150 g/mol. The first-order chi connectivity index (χ1) is 5.42. The molecule has 0 aromatic heterocycles. The Labute approximate surface area is 65.5 Å². The number of ether oxygens (including phenoxy) is 2. The van der Waals surface area contributed by atoms with Gasteiger partial charge in [0.15, 0.2) is 0 Å². The summed E-state index contributed by atoms with van der Waals surface area (Å²) in [4.78, 5) is 0. The predicted octanol–water partition coefficient (Wildman–Crippen LogP) is 1.04. The number of rotatable bonds is 0. The smallest absolute Gasteiger partial charge is 0.124 e. The Hall–Kier alpha value is -0.600. The van der Waals surface area contributed by atoms with E-state index in [2.05, 4.69) is 18.2 Å². The Morgan fingerprint density at radius 3 is 3.45 bits per heavy atom. The van der Waals surface area contributed by atoms with Gasteiger partial charge in [0.05, 0.1) is 13.2 Å². The fourth-order valence-electron chi connectivity index (χ4n) is 2.00. The second-order valence-corrected chi connectivity index (χ2v) is 3.31. The topological polar surface area (TPSA) is 21.8 Å². The van der Waals surface area contributed by atoms with E-state index in [1.807, 2.05) is 0 Å². The molecule has 11 heavy (non-hydrogen) atoms. The van der Waals surface area contributed by atoms with Gasteiger partial charge in [-0.25, -0.2) is 0 Å². The van der Waals surface area contributed by atoms with Crippen LogP contribution >= 0.6 is 0 Å². The zero-order chi connectivity index (χ0) is 7.31. The maximum absolute atomic E-state index is 5.63. The second kappa shape index (κ2) is 1.76. The Morgan fingerprint density at radius 2 is 2.55 bits per heavy atom. The Morgan fingerprint density at radius 1 is 1.55 bits per heavy atom. The lowest BCUT2D eigenvalue weighted by Gasteiger charge is -2.23. The van der Waals surface area contributed by atoms with Gasteiger partial charge in [0.1, 0.15) is 11.7 Å². The van der Waals surface area contributed by atoms with E-state index in [1.165, 1.54) is 5.57 Å². The molecule has 1 aliphatic carbocycles. The van der Waals surface area contributed by atoms with E-state index in [0.717, 1.165) is 19.6 Å². The summed E-state index contributed by atoms with van der Waals surface area (Å²) >= 11 is 0. The van der Waals surface area contributed by atoms with E-state index in [4.69, 9.17) is 9.47 Å². The molecule has 0 aromatic rings. The fraction of sp³-hybridized carbons (Fsp3) is 0.556. The number of allylic oxidation sites excluding steroid dienone is 2. The van der Waals surface area contributed by atoms with Crippen LogP contribution in [0.1, 0.15) is 6.42 Å². The van der Waals surface area contributed by atoms with Crippen LogP contribution in [0.4, 0.5) is 0 Å². The minimum Gasteiger partial charge on any atom is -0.377 e.